The lowest BCUT2D eigenvalue weighted by molar-refractivity contribution is 0.475. The van der Waals surface area contributed by atoms with Gasteiger partial charge in [-0.05, 0) is 32.9 Å². The van der Waals surface area contributed by atoms with E-state index < -0.39 is 0 Å². The fourth-order valence-electron chi connectivity index (χ4n) is 2.39. The Morgan fingerprint density at radius 1 is 0.880 bits per heavy atom. The molecule has 0 bridgehead atoms. The summed E-state index contributed by atoms with van der Waals surface area (Å²) in [6, 6.07) is 18.8. The summed E-state index contributed by atoms with van der Waals surface area (Å²) in [4.78, 5) is 9.19. The van der Waals surface area contributed by atoms with E-state index in [1.165, 1.54) is 0 Å². The molecule has 0 unspecified atom stereocenters. The number of rotatable bonds is 4. The Balaban J connectivity index is 2.00. The van der Waals surface area contributed by atoms with Crippen molar-refractivity contribution in [3.63, 3.8) is 0 Å². The molecule has 0 saturated heterocycles. The zero-order chi connectivity index (χ0) is 17.9. The Morgan fingerprint density at radius 3 is 2.32 bits per heavy atom. The van der Waals surface area contributed by atoms with Crippen LogP contribution in [-0.2, 0) is 0 Å². The second-order valence-corrected chi connectivity index (χ2v) is 6.88. The van der Waals surface area contributed by atoms with Gasteiger partial charge in [0.15, 0.2) is 0 Å². The molecule has 1 aromatic heterocycles. The van der Waals surface area contributed by atoms with Gasteiger partial charge in [0.1, 0.15) is 11.6 Å². The minimum absolute atomic E-state index is 0.155. The Morgan fingerprint density at radius 2 is 1.64 bits per heavy atom. The fourth-order valence-corrected chi connectivity index (χ4v) is 2.39. The van der Waals surface area contributed by atoms with Crippen LogP contribution in [-0.4, -0.2) is 20.6 Å². The van der Waals surface area contributed by atoms with Crippen molar-refractivity contribution in [2.24, 2.45) is 0 Å². The molecule has 3 N–H and O–H groups in total. The second-order valence-electron chi connectivity index (χ2n) is 6.88. The predicted octanol–water partition coefficient (Wildman–Crippen LogP) is 4.80. The quantitative estimate of drug-likeness (QED) is 0.639. The van der Waals surface area contributed by atoms with Gasteiger partial charge in [-0.3, -0.25) is 0 Å². The van der Waals surface area contributed by atoms with Crippen molar-refractivity contribution in [1.82, 2.24) is 9.97 Å². The maximum atomic E-state index is 9.65. The van der Waals surface area contributed by atoms with E-state index in [4.69, 9.17) is 0 Å². The average molecular weight is 334 g/mol. The molecule has 0 aliphatic heterocycles. The molecule has 0 atom stereocenters. The molecule has 3 rings (SSSR count). The first kappa shape index (κ1) is 16.8. The molecule has 1 heterocycles. The average Bonchev–Trinajstić information content (AvgIpc) is 2.54. The summed E-state index contributed by atoms with van der Waals surface area (Å²) < 4.78 is 0. The van der Waals surface area contributed by atoms with Crippen LogP contribution >= 0.6 is 0 Å². The number of benzene rings is 2. The molecule has 0 saturated carbocycles. The van der Waals surface area contributed by atoms with E-state index in [1.54, 1.807) is 18.2 Å². The van der Waals surface area contributed by atoms with Crippen molar-refractivity contribution in [3.05, 3.63) is 60.7 Å². The number of hydrogen-bond donors (Lipinski definition) is 3. The van der Waals surface area contributed by atoms with Crippen LogP contribution < -0.4 is 10.6 Å². The molecular formula is C20H22N4O. The summed E-state index contributed by atoms with van der Waals surface area (Å²) in [6.07, 6.45) is 0. The summed E-state index contributed by atoms with van der Waals surface area (Å²) in [6.45, 7) is 6.19. The zero-order valence-corrected chi connectivity index (χ0v) is 14.6. The molecule has 0 radical (unpaired) electrons. The Labute approximate surface area is 147 Å². The molecule has 0 spiro atoms. The lowest BCUT2D eigenvalue weighted by Crippen LogP contribution is -2.27. The summed E-state index contributed by atoms with van der Waals surface area (Å²) >= 11 is 0. The maximum absolute atomic E-state index is 9.65. The Bertz CT molecular complexity index is 857. The van der Waals surface area contributed by atoms with Crippen LogP contribution in [0.2, 0.25) is 0 Å². The number of hydrogen-bond acceptors (Lipinski definition) is 5. The molecule has 5 nitrogen and oxygen atoms in total. The van der Waals surface area contributed by atoms with E-state index in [9.17, 15) is 5.11 Å². The van der Waals surface area contributed by atoms with Crippen LogP contribution in [0.4, 0.5) is 17.5 Å². The largest absolute Gasteiger partial charge is 0.508 e. The number of nitrogens with zero attached hydrogens (tertiary/aromatic N) is 2. The van der Waals surface area contributed by atoms with Crippen molar-refractivity contribution >= 4 is 17.5 Å². The van der Waals surface area contributed by atoms with Crippen LogP contribution in [0, 0.1) is 0 Å². The summed E-state index contributed by atoms with van der Waals surface area (Å²) in [5.41, 5.74) is 2.45. The molecule has 3 aromatic rings. The monoisotopic (exact) mass is 334 g/mol. The Kier molecular flexibility index (Phi) is 4.57. The van der Waals surface area contributed by atoms with Crippen molar-refractivity contribution < 1.29 is 5.11 Å². The van der Waals surface area contributed by atoms with E-state index in [1.807, 2.05) is 42.5 Å². The van der Waals surface area contributed by atoms with E-state index in [0.29, 0.717) is 11.8 Å². The maximum Gasteiger partial charge on any atom is 0.225 e. The molecule has 2 aromatic carbocycles. The highest BCUT2D eigenvalue weighted by atomic mass is 16.3. The number of anilines is 3. The van der Waals surface area contributed by atoms with Crippen LogP contribution in [0.5, 0.6) is 5.75 Å². The van der Waals surface area contributed by atoms with Gasteiger partial charge < -0.3 is 15.7 Å². The predicted molar refractivity (Wildman–Crippen MR) is 102 cm³/mol. The number of nitrogens with one attached hydrogen (secondary N) is 2. The third-order valence-corrected chi connectivity index (χ3v) is 3.40. The molecule has 0 fully saturated rings. The molecule has 128 valence electrons. The topological polar surface area (TPSA) is 70.1 Å². The third-order valence-electron chi connectivity index (χ3n) is 3.40. The van der Waals surface area contributed by atoms with Crippen molar-refractivity contribution in [3.8, 4) is 17.0 Å². The summed E-state index contributed by atoms with van der Waals surface area (Å²) in [5, 5.41) is 16.2. The van der Waals surface area contributed by atoms with Gasteiger partial charge in [0.25, 0.3) is 0 Å². The fraction of sp³-hybridized carbons (Fsp3) is 0.200. The highest BCUT2D eigenvalue weighted by Gasteiger charge is 2.14. The number of aromatic nitrogens is 2. The van der Waals surface area contributed by atoms with Crippen molar-refractivity contribution in [1.29, 1.82) is 0 Å². The van der Waals surface area contributed by atoms with Crippen LogP contribution in [0.25, 0.3) is 11.3 Å². The molecular weight excluding hydrogens is 312 g/mol. The highest BCUT2D eigenvalue weighted by molar-refractivity contribution is 5.67. The van der Waals surface area contributed by atoms with Gasteiger partial charge in [0, 0.05) is 28.9 Å². The lowest BCUT2D eigenvalue weighted by atomic mass is 10.1. The Hall–Kier alpha value is -3.08. The molecule has 0 aliphatic rings. The van der Waals surface area contributed by atoms with Crippen molar-refractivity contribution in [2.75, 3.05) is 10.6 Å². The van der Waals surface area contributed by atoms with Crippen molar-refractivity contribution in [2.45, 2.75) is 26.3 Å². The van der Waals surface area contributed by atoms with Crippen LogP contribution in [0.1, 0.15) is 20.8 Å². The third kappa shape index (κ3) is 4.70. The first-order chi connectivity index (χ1) is 11.9. The van der Waals surface area contributed by atoms with E-state index in [2.05, 4.69) is 41.4 Å². The first-order valence-corrected chi connectivity index (χ1v) is 8.18. The molecule has 25 heavy (non-hydrogen) atoms. The summed E-state index contributed by atoms with van der Waals surface area (Å²) in [5.74, 6) is 1.41. The number of phenols is 1. The second kappa shape index (κ2) is 6.81. The molecule has 0 aliphatic carbocycles. The standard InChI is InChI=1S/C20H22N4O/c1-20(2,3)24-19-22-17(14-8-5-4-6-9-14)13-18(23-19)21-15-10-7-11-16(25)12-15/h4-13,25H,1-3H3,(H2,21,22,23,24). The van der Waals surface area contributed by atoms with E-state index >= 15 is 0 Å². The minimum Gasteiger partial charge on any atom is -0.508 e. The number of phenolic OH excluding ortho intramolecular Hbond substituents is 1. The molecule has 5 heteroatoms. The summed E-state index contributed by atoms with van der Waals surface area (Å²) in [7, 11) is 0. The SMILES string of the molecule is CC(C)(C)Nc1nc(Nc2cccc(O)c2)cc(-c2ccccc2)n1. The van der Waals surface area contributed by atoms with Gasteiger partial charge in [-0.25, -0.2) is 4.98 Å². The highest BCUT2D eigenvalue weighted by Crippen LogP contribution is 2.25. The first-order valence-electron chi connectivity index (χ1n) is 8.18. The van der Waals surface area contributed by atoms with E-state index in [0.717, 1.165) is 16.9 Å². The number of aromatic hydroxyl groups is 1. The van der Waals surface area contributed by atoms with Gasteiger partial charge in [0.05, 0.1) is 5.69 Å². The van der Waals surface area contributed by atoms with Gasteiger partial charge in [-0.1, -0.05) is 36.4 Å². The van der Waals surface area contributed by atoms with Gasteiger partial charge in [-0.2, -0.15) is 4.98 Å². The van der Waals surface area contributed by atoms with Gasteiger partial charge in [-0.15, -0.1) is 0 Å². The van der Waals surface area contributed by atoms with E-state index in [-0.39, 0.29) is 11.3 Å². The normalized spacial score (nSPS) is 11.2. The van der Waals surface area contributed by atoms with Crippen LogP contribution in [0.3, 0.4) is 0 Å². The van der Waals surface area contributed by atoms with Gasteiger partial charge in [0.2, 0.25) is 5.95 Å². The minimum atomic E-state index is -0.155. The smallest absolute Gasteiger partial charge is 0.225 e. The van der Waals surface area contributed by atoms with Crippen LogP contribution in [0.15, 0.2) is 60.7 Å². The van der Waals surface area contributed by atoms with Gasteiger partial charge >= 0.3 is 0 Å². The zero-order valence-electron chi connectivity index (χ0n) is 14.6. The molecule has 0 amide bonds. The lowest BCUT2D eigenvalue weighted by Gasteiger charge is -2.21.